The van der Waals surface area contributed by atoms with Crippen LogP contribution in [0.1, 0.15) is 42.2 Å². The topological polar surface area (TPSA) is 72.3 Å². The predicted octanol–water partition coefficient (Wildman–Crippen LogP) is 5.40. The van der Waals surface area contributed by atoms with Crippen LogP contribution in [0.4, 0.5) is 0 Å². The van der Waals surface area contributed by atoms with E-state index in [4.69, 9.17) is 30.8 Å². The lowest BCUT2D eigenvalue weighted by Crippen LogP contribution is -2.33. The standard InChI is InChI=1S/C25H23ClN2O4/c1-2-30-22-9-5-7-17(24(22)29)20-13-19(15-10-11-21-23(12-15)32-14-31-21)27-25(28-20)16-6-3-4-8-18(16)26/h3-12,20,25,28-29H,2,13-14H2,1H3/t20-,25+/m0/s1. The smallest absolute Gasteiger partial charge is 0.231 e. The van der Waals surface area contributed by atoms with Crippen LogP contribution in [0, 0.1) is 0 Å². The van der Waals surface area contributed by atoms with E-state index >= 15 is 0 Å². The minimum atomic E-state index is -0.377. The Morgan fingerprint density at radius 2 is 1.88 bits per heavy atom. The second kappa shape index (κ2) is 8.73. The molecule has 0 aliphatic carbocycles. The van der Waals surface area contributed by atoms with E-state index in [0.717, 1.165) is 28.2 Å². The second-order valence-electron chi connectivity index (χ2n) is 7.62. The normalized spacial score (nSPS) is 19.5. The van der Waals surface area contributed by atoms with Crippen molar-refractivity contribution < 1.29 is 19.3 Å². The number of halogens is 1. The average molecular weight is 451 g/mol. The van der Waals surface area contributed by atoms with Crippen molar-refractivity contribution in [1.82, 2.24) is 5.32 Å². The van der Waals surface area contributed by atoms with Gasteiger partial charge in [-0.3, -0.25) is 10.3 Å². The van der Waals surface area contributed by atoms with Gasteiger partial charge in [0.1, 0.15) is 6.17 Å². The highest BCUT2D eigenvalue weighted by Crippen LogP contribution is 2.41. The first-order valence-electron chi connectivity index (χ1n) is 10.6. The number of aliphatic imine (C=N–C) groups is 1. The van der Waals surface area contributed by atoms with Crippen LogP contribution in [-0.4, -0.2) is 24.2 Å². The highest BCUT2D eigenvalue weighted by Gasteiger charge is 2.30. The Balaban J connectivity index is 1.57. The highest BCUT2D eigenvalue weighted by atomic mass is 35.5. The lowest BCUT2D eigenvalue weighted by atomic mass is 9.93. The number of hydrogen-bond donors (Lipinski definition) is 2. The number of benzene rings is 3. The van der Waals surface area contributed by atoms with E-state index in [2.05, 4.69) is 5.32 Å². The molecule has 5 rings (SSSR count). The largest absolute Gasteiger partial charge is 0.504 e. The van der Waals surface area contributed by atoms with Crippen LogP contribution in [0.15, 0.2) is 65.7 Å². The van der Waals surface area contributed by atoms with E-state index in [1.54, 1.807) is 6.07 Å². The Labute approximate surface area is 191 Å². The Hall–Kier alpha value is -3.22. The maximum absolute atomic E-state index is 10.9. The number of hydrogen-bond acceptors (Lipinski definition) is 6. The molecule has 0 bridgehead atoms. The Bertz CT molecular complexity index is 1180. The van der Waals surface area contributed by atoms with Gasteiger partial charge in [-0.15, -0.1) is 0 Å². The van der Waals surface area contributed by atoms with E-state index in [1.165, 1.54) is 0 Å². The number of nitrogens with zero attached hydrogens (tertiary/aromatic N) is 1. The molecule has 164 valence electrons. The highest BCUT2D eigenvalue weighted by molar-refractivity contribution is 6.31. The Morgan fingerprint density at radius 3 is 2.72 bits per heavy atom. The van der Waals surface area contributed by atoms with Gasteiger partial charge in [-0.25, -0.2) is 0 Å². The molecular formula is C25H23ClN2O4. The fourth-order valence-electron chi connectivity index (χ4n) is 4.11. The molecule has 6 nitrogen and oxygen atoms in total. The molecule has 0 spiro atoms. The lowest BCUT2D eigenvalue weighted by molar-refractivity contribution is 0.174. The van der Waals surface area contributed by atoms with Crippen molar-refractivity contribution in [2.75, 3.05) is 13.4 Å². The maximum Gasteiger partial charge on any atom is 0.231 e. The zero-order valence-corrected chi connectivity index (χ0v) is 18.3. The van der Waals surface area contributed by atoms with Gasteiger partial charge in [0.2, 0.25) is 6.79 Å². The summed E-state index contributed by atoms with van der Waals surface area (Å²) in [6.07, 6.45) is 0.196. The number of fused-ring (bicyclic) bond motifs is 1. The van der Waals surface area contributed by atoms with Crippen molar-refractivity contribution in [1.29, 1.82) is 0 Å². The number of para-hydroxylation sites is 1. The number of rotatable bonds is 5. The SMILES string of the molecule is CCOc1cccc([C@@H]2CC(c3ccc4c(c3)OCO4)=N[C@@H](c3ccccc3Cl)N2)c1O. The molecule has 3 aromatic carbocycles. The first-order chi connectivity index (χ1) is 15.6. The molecule has 0 aromatic heterocycles. The molecule has 7 heteroatoms. The van der Waals surface area contributed by atoms with Gasteiger partial charge in [-0.2, -0.15) is 0 Å². The van der Waals surface area contributed by atoms with Gasteiger partial charge in [0.15, 0.2) is 23.0 Å². The van der Waals surface area contributed by atoms with Crippen molar-refractivity contribution in [3.63, 3.8) is 0 Å². The molecule has 2 aliphatic heterocycles. The third-order valence-electron chi connectivity index (χ3n) is 5.65. The van der Waals surface area contributed by atoms with E-state index < -0.39 is 0 Å². The van der Waals surface area contributed by atoms with E-state index in [0.29, 0.717) is 29.5 Å². The predicted molar refractivity (Wildman–Crippen MR) is 123 cm³/mol. The Kier molecular flexibility index (Phi) is 5.64. The number of ether oxygens (including phenoxy) is 3. The minimum Gasteiger partial charge on any atom is -0.504 e. The summed E-state index contributed by atoms with van der Waals surface area (Å²) >= 11 is 6.50. The van der Waals surface area contributed by atoms with Crippen molar-refractivity contribution in [2.24, 2.45) is 4.99 Å². The van der Waals surface area contributed by atoms with Crippen molar-refractivity contribution in [3.8, 4) is 23.0 Å². The molecule has 0 radical (unpaired) electrons. The van der Waals surface area contributed by atoms with Crippen LogP contribution in [0.25, 0.3) is 0 Å². The molecule has 32 heavy (non-hydrogen) atoms. The first kappa shape index (κ1) is 20.7. The van der Waals surface area contributed by atoms with Crippen LogP contribution in [0.2, 0.25) is 5.02 Å². The summed E-state index contributed by atoms with van der Waals surface area (Å²) in [5, 5.41) is 15.1. The van der Waals surface area contributed by atoms with Gasteiger partial charge in [0.25, 0.3) is 0 Å². The van der Waals surface area contributed by atoms with E-state index in [-0.39, 0.29) is 24.8 Å². The number of phenolic OH excluding ortho intramolecular Hbond substituents is 1. The van der Waals surface area contributed by atoms with Crippen molar-refractivity contribution in [3.05, 3.63) is 82.4 Å². The van der Waals surface area contributed by atoms with Crippen LogP contribution in [0.3, 0.4) is 0 Å². The molecule has 0 saturated carbocycles. The molecule has 3 aromatic rings. The van der Waals surface area contributed by atoms with E-state index in [9.17, 15) is 5.11 Å². The molecule has 2 atom stereocenters. The summed E-state index contributed by atoms with van der Waals surface area (Å²) in [4.78, 5) is 4.98. The molecule has 0 fully saturated rings. The molecule has 2 aliphatic rings. The summed E-state index contributed by atoms with van der Waals surface area (Å²) in [7, 11) is 0. The average Bonchev–Trinajstić information content (AvgIpc) is 3.28. The van der Waals surface area contributed by atoms with Gasteiger partial charge in [-0.1, -0.05) is 41.9 Å². The zero-order valence-electron chi connectivity index (χ0n) is 17.5. The molecular weight excluding hydrogens is 428 g/mol. The van der Waals surface area contributed by atoms with Crippen molar-refractivity contribution >= 4 is 17.3 Å². The fraction of sp³-hybridized carbons (Fsp3) is 0.240. The summed E-state index contributed by atoms with van der Waals surface area (Å²) in [5.74, 6) is 2.03. The second-order valence-corrected chi connectivity index (χ2v) is 8.03. The van der Waals surface area contributed by atoms with Gasteiger partial charge in [0.05, 0.1) is 6.61 Å². The molecule has 2 N–H and O–H groups in total. The number of nitrogens with one attached hydrogen (secondary N) is 1. The summed E-state index contributed by atoms with van der Waals surface area (Å²) < 4.78 is 16.6. The number of aromatic hydroxyl groups is 1. The van der Waals surface area contributed by atoms with Gasteiger partial charge < -0.3 is 19.3 Å². The van der Waals surface area contributed by atoms with Crippen LogP contribution in [0.5, 0.6) is 23.0 Å². The Morgan fingerprint density at radius 1 is 1.06 bits per heavy atom. The van der Waals surface area contributed by atoms with E-state index in [1.807, 2.05) is 61.5 Å². The van der Waals surface area contributed by atoms with Gasteiger partial charge in [-0.05, 0) is 42.8 Å². The molecule has 0 saturated heterocycles. The quantitative estimate of drug-likeness (QED) is 0.544. The lowest BCUT2D eigenvalue weighted by Gasteiger charge is -2.31. The maximum atomic E-state index is 10.9. The fourth-order valence-corrected chi connectivity index (χ4v) is 4.34. The third kappa shape index (κ3) is 3.87. The van der Waals surface area contributed by atoms with Crippen LogP contribution >= 0.6 is 11.6 Å². The minimum absolute atomic E-state index is 0.136. The summed E-state index contributed by atoms with van der Waals surface area (Å²) in [5.41, 5.74) is 3.45. The first-order valence-corrected chi connectivity index (χ1v) is 10.9. The number of phenols is 1. The summed E-state index contributed by atoms with van der Waals surface area (Å²) in [6, 6.07) is 18.8. The van der Waals surface area contributed by atoms with Crippen molar-refractivity contribution in [2.45, 2.75) is 25.6 Å². The summed E-state index contributed by atoms with van der Waals surface area (Å²) in [6.45, 7) is 2.58. The molecule has 0 unspecified atom stereocenters. The van der Waals surface area contributed by atoms with Gasteiger partial charge in [0, 0.05) is 34.3 Å². The molecule has 2 heterocycles. The monoisotopic (exact) mass is 450 g/mol. The zero-order chi connectivity index (χ0) is 22.1. The van der Waals surface area contributed by atoms with Crippen LogP contribution < -0.4 is 19.5 Å². The van der Waals surface area contributed by atoms with Crippen LogP contribution in [-0.2, 0) is 0 Å². The third-order valence-corrected chi connectivity index (χ3v) is 6.00. The van der Waals surface area contributed by atoms with Gasteiger partial charge >= 0.3 is 0 Å². The molecule has 0 amide bonds.